The van der Waals surface area contributed by atoms with Crippen molar-refractivity contribution in [1.82, 2.24) is 14.5 Å². The van der Waals surface area contributed by atoms with Crippen molar-refractivity contribution < 1.29 is 24.1 Å². The molecule has 7 unspecified atom stereocenters. The van der Waals surface area contributed by atoms with Crippen LogP contribution in [-0.2, 0) is 19.0 Å². The van der Waals surface area contributed by atoms with E-state index in [-0.39, 0.29) is 42.0 Å². The molecule has 3 heterocycles. The number of nitrogens with one attached hydrogen (secondary N) is 1. The number of aromatic nitrogens is 2. The van der Waals surface area contributed by atoms with Crippen LogP contribution in [0.5, 0.6) is 0 Å². The van der Waals surface area contributed by atoms with Crippen molar-refractivity contribution in [3.05, 3.63) is 22.7 Å². The van der Waals surface area contributed by atoms with E-state index < -0.39 is 24.3 Å². The number of ether oxygens (including phenoxy) is 3. The van der Waals surface area contributed by atoms with Crippen LogP contribution in [0.25, 0.3) is 0 Å². The third-order valence-electron chi connectivity index (χ3n) is 6.19. The molecule has 10 nitrogen and oxygen atoms in total. The van der Waals surface area contributed by atoms with Crippen LogP contribution >= 0.6 is 0 Å². The molecule has 186 valence electrons. The zero-order valence-electron chi connectivity index (χ0n) is 20.4. The summed E-state index contributed by atoms with van der Waals surface area (Å²) >= 11 is 0. The molecule has 1 aromatic rings. The molecule has 0 saturated carbocycles. The fraction of sp³-hybridized carbons (Fsp3) is 0.783. The quantitative estimate of drug-likeness (QED) is 0.624. The largest absolute Gasteiger partial charge is 0.391 e. The Bertz CT molecular complexity index is 848. The maximum Gasteiger partial charge on any atom is 0.351 e. The monoisotopic (exact) mass is 466 g/mol. The van der Waals surface area contributed by atoms with Gasteiger partial charge in [-0.3, -0.25) is 9.36 Å². The molecule has 33 heavy (non-hydrogen) atoms. The van der Waals surface area contributed by atoms with Crippen molar-refractivity contribution in [2.24, 2.45) is 5.92 Å². The molecule has 0 bridgehead atoms. The average molecular weight is 467 g/mol. The molecule has 7 atom stereocenters. The number of anilines is 1. The van der Waals surface area contributed by atoms with Crippen LogP contribution in [0.2, 0.25) is 0 Å². The van der Waals surface area contributed by atoms with Gasteiger partial charge in [-0.05, 0) is 52.8 Å². The Morgan fingerprint density at radius 2 is 2.03 bits per heavy atom. The number of carbonyl (C=O) groups excluding carboxylic acids is 1. The van der Waals surface area contributed by atoms with E-state index in [9.17, 15) is 14.7 Å². The lowest BCUT2D eigenvalue weighted by molar-refractivity contribution is -0.273. The molecule has 2 aliphatic rings. The minimum atomic E-state index is -0.537. The van der Waals surface area contributed by atoms with Crippen LogP contribution in [0.3, 0.4) is 0 Å². The van der Waals surface area contributed by atoms with Gasteiger partial charge in [0.1, 0.15) is 12.0 Å². The molecule has 2 N–H and O–H groups in total. The lowest BCUT2D eigenvalue weighted by atomic mass is 9.98. The first kappa shape index (κ1) is 25.8. The summed E-state index contributed by atoms with van der Waals surface area (Å²) in [6, 6.07) is 1.53. The van der Waals surface area contributed by atoms with Crippen LogP contribution in [0, 0.1) is 5.92 Å². The number of aliphatic hydroxyl groups excluding tert-OH is 1. The third-order valence-corrected chi connectivity index (χ3v) is 6.19. The van der Waals surface area contributed by atoms with Crippen LogP contribution < -0.4 is 11.0 Å². The summed E-state index contributed by atoms with van der Waals surface area (Å²) in [7, 11) is 3.85. The molecule has 2 saturated heterocycles. The maximum atomic E-state index is 12.5. The Hall–Kier alpha value is -1.85. The molecule has 1 aromatic heterocycles. The summed E-state index contributed by atoms with van der Waals surface area (Å²) in [6.07, 6.45) is 1.46. The standard InChI is InChI=1S/C23H38N4O6/c1-13(2)11-19(29)24-18-9-10-27(23(30)25-18)20-8-7-17(14(3)31-20)33-21-12-16(28)22(26(5)6)15(4)32-21/h9-10,13-17,20-22,28H,7-8,11-12H2,1-6H3,(H,24,25,29,30). The van der Waals surface area contributed by atoms with Crippen molar-refractivity contribution >= 4 is 11.7 Å². The summed E-state index contributed by atoms with van der Waals surface area (Å²) in [6.45, 7) is 7.75. The molecule has 2 fully saturated rings. The molecule has 0 aromatic carbocycles. The number of hydrogen-bond acceptors (Lipinski definition) is 8. The summed E-state index contributed by atoms with van der Waals surface area (Å²) in [5.41, 5.74) is -0.476. The van der Waals surface area contributed by atoms with Crippen molar-refractivity contribution in [3.8, 4) is 0 Å². The van der Waals surface area contributed by atoms with Crippen LogP contribution in [0.1, 0.15) is 59.6 Å². The molecule has 2 aliphatic heterocycles. The minimum Gasteiger partial charge on any atom is -0.391 e. The highest BCUT2D eigenvalue weighted by Crippen LogP contribution is 2.31. The molecule has 1 amide bonds. The van der Waals surface area contributed by atoms with Gasteiger partial charge in [0.15, 0.2) is 6.29 Å². The number of amides is 1. The van der Waals surface area contributed by atoms with Gasteiger partial charge in [-0.1, -0.05) is 13.8 Å². The van der Waals surface area contributed by atoms with E-state index >= 15 is 0 Å². The zero-order valence-corrected chi connectivity index (χ0v) is 20.4. The molecular formula is C23H38N4O6. The van der Waals surface area contributed by atoms with Gasteiger partial charge >= 0.3 is 5.69 Å². The van der Waals surface area contributed by atoms with E-state index in [0.717, 1.165) is 0 Å². The molecule has 10 heteroatoms. The molecular weight excluding hydrogens is 428 g/mol. The van der Waals surface area contributed by atoms with E-state index in [1.807, 2.05) is 46.7 Å². The van der Waals surface area contributed by atoms with Crippen molar-refractivity contribution in [3.63, 3.8) is 0 Å². The van der Waals surface area contributed by atoms with Crippen LogP contribution in [0.15, 0.2) is 17.1 Å². The second-order valence-corrected chi connectivity index (χ2v) is 9.72. The number of carbonyl (C=O) groups is 1. The first-order chi connectivity index (χ1) is 15.5. The van der Waals surface area contributed by atoms with Gasteiger partial charge in [0.25, 0.3) is 0 Å². The molecule has 0 radical (unpaired) electrons. The summed E-state index contributed by atoms with van der Waals surface area (Å²) in [5, 5.41) is 13.2. The Kier molecular flexibility index (Phi) is 8.63. The van der Waals surface area contributed by atoms with Gasteiger partial charge in [0.05, 0.1) is 30.5 Å². The van der Waals surface area contributed by atoms with Gasteiger partial charge in [-0.25, -0.2) is 4.79 Å². The first-order valence-electron chi connectivity index (χ1n) is 11.7. The Morgan fingerprint density at radius 1 is 1.30 bits per heavy atom. The number of aliphatic hydroxyl groups is 1. The second-order valence-electron chi connectivity index (χ2n) is 9.72. The first-order valence-corrected chi connectivity index (χ1v) is 11.7. The topological polar surface area (TPSA) is 115 Å². The Labute approximate surface area is 195 Å². The van der Waals surface area contributed by atoms with Gasteiger partial charge in [0.2, 0.25) is 5.91 Å². The normalized spacial score (nSPS) is 32.8. The van der Waals surface area contributed by atoms with Gasteiger partial charge in [-0.2, -0.15) is 4.98 Å². The van der Waals surface area contributed by atoms with Crippen molar-refractivity contribution in [1.29, 1.82) is 0 Å². The van der Waals surface area contributed by atoms with Gasteiger partial charge in [0, 0.05) is 19.0 Å². The highest BCUT2D eigenvalue weighted by Gasteiger charge is 2.40. The SMILES string of the molecule is CC(C)CC(=O)Nc1ccn(C2CCC(OC3CC(O)C(N(C)C)C(C)O3)C(C)O2)c(=O)n1. The summed E-state index contributed by atoms with van der Waals surface area (Å²) < 4.78 is 19.7. The Morgan fingerprint density at radius 3 is 2.61 bits per heavy atom. The van der Waals surface area contributed by atoms with E-state index in [2.05, 4.69) is 10.3 Å². The average Bonchev–Trinajstić information content (AvgIpc) is 2.68. The molecule has 3 rings (SSSR count). The van der Waals surface area contributed by atoms with Crippen molar-refractivity contribution in [2.75, 3.05) is 19.4 Å². The molecule has 0 aliphatic carbocycles. The van der Waals surface area contributed by atoms with Gasteiger partial charge < -0.3 is 29.5 Å². The number of nitrogens with zero attached hydrogens (tertiary/aromatic N) is 3. The fourth-order valence-electron chi connectivity index (χ4n) is 4.67. The van der Waals surface area contributed by atoms with Crippen LogP contribution in [-0.4, -0.2) is 76.3 Å². The minimum absolute atomic E-state index is 0.0771. The zero-order chi connectivity index (χ0) is 24.3. The highest BCUT2D eigenvalue weighted by atomic mass is 16.7. The van der Waals surface area contributed by atoms with E-state index in [4.69, 9.17) is 14.2 Å². The maximum absolute atomic E-state index is 12.5. The van der Waals surface area contributed by atoms with Gasteiger partial charge in [-0.15, -0.1) is 0 Å². The lowest BCUT2D eigenvalue weighted by Gasteiger charge is -2.43. The second kappa shape index (κ2) is 11.1. The lowest BCUT2D eigenvalue weighted by Crippen LogP contribution is -2.55. The highest BCUT2D eigenvalue weighted by molar-refractivity contribution is 5.89. The Balaban J connectivity index is 1.56. The third kappa shape index (κ3) is 6.60. The summed E-state index contributed by atoms with van der Waals surface area (Å²) in [4.78, 5) is 30.4. The van der Waals surface area contributed by atoms with Crippen molar-refractivity contribution in [2.45, 2.75) is 96.4 Å². The predicted octanol–water partition coefficient (Wildman–Crippen LogP) is 1.74. The van der Waals surface area contributed by atoms with E-state index in [1.54, 1.807) is 12.3 Å². The molecule has 0 spiro atoms. The number of likely N-dealkylation sites (N-methyl/N-ethyl adjacent to an activating group) is 1. The predicted molar refractivity (Wildman–Crippen MR) is 123 cm³/mol. The summed E-state index contributed by atoms with van der Waals surface area (Å²) in [5.74, 6) is 0.293. The number of hydrogen-bond donors (Lipinski definition) is 2. The number of rotatable bonds is 7. The van der Waals surface area contributed by atoms with E-state index in [0.29, 0.717) is 25.7 Å². The van der Waals surface area contributed by atoms with Crippen LogP contribution in [0.4, 0.5) is 5.82 Å². The fourth-order valence-corrected chi connectivity index (χ4v) is 4.67. The van der Waals surface area contributed by atoms with E-state index in [1.165, 1.54) is 4.57 Å². The smallest absolute Gasteiger partial charge is 0.351 e.